The van der Waals surface area contributed by atoms with Gasteiger partial charge >= 0.3 is 12.1 Å². The number of aryl methyl sites for hydroxylation is 1. The third-order valence-electron chi connectivity index (χ3n) is 4.51. The molecule has 0 spiro atoms. The van der Waals surface area contributed by atoms with Crippen LogP contribution in [0.3, 0.4) is 0 Å². The standard InChI is InChI=1S/C17H19N5O2S.C2HF3O2/c1-12-20-13(10-25-12)7-21-8-14-5-18-11-22(14)16(9-21)17(23)19-6-15-3-2-4-24-15;3-2(4,5)1(6)7/h2-5,10-11,16H,6-9H2,1H3,(H,19,23);(H,6,7). The van der Waals surface area contributed by atoms with Gasteiger partial charge in [0.2, 0.25) is 5.91 Å². The average molecular weight is 471 g/mol. The summed E-state index contributed by atoms with van der Waals surface area (Å²) in [5.41, 5.74) is 2.08. The van der Waals surface area contributed by atoms with E-state index >= 15 is 0 Å². The fraction of sp³-hybridized carbons (Fsp3) is 0.368. The first-order valence-electron chi connectivity index (χ1n) is 9.37. The average Bonchev–Trinajstić information content (AvgIpc) is 3.47. The highest BCUT2D eigenvalue weighted by Crippen LogP contribution is 2.23. The van der Waals surface area contributed by atoms with Crippen molar-refractivity contribution >= 4 is 23.2 Å². The minimum Gasteiger partial charge on any atom is -0.475 e. The fourth-order valence-electron chi connectivity index (χ4n) is 3.11. The summed E-state index contributed by atoms with van der Waals surface area (Å²) in [6, 6.07) is 3.36. The van der Waals surface area contributed by atoms with Crippen LogP contribution in [0.4, 0.5) is 13.2 Å². The van der Waals surface area contributed by atoms with Crippen LogP contribution >= 0.6 is 11.3 Å². The van der Waals surface area contributed by atoms with Gasteiger partial charge in [-0.2, -0.15) is 13.2 Å². The van der Waals surface area contributed by atoms with Crippen molar-refractivity contribution in [3.8, 4) is 0 Å². The number of carboxylic acids is 1. The van der Waals surface area contributed by atoms with Crippen molar-refractivity contribution in [2.45, 2.75) is 38.8 Å². The minimum atomic E-state index is -5.08. The van der Waals surface area contributed by atoms with Gasteiger partial charge in [-0.15, -0.1) is 11.3 Å². The fourth-order valence-corrected chi connectivity index (χ4v) is 3.71. The summed E-state index contributed by atoms with van der Waals surface area (Å²) in [7, 11) is 0. The minimum absolute atomic E-state index is 0.0326. The summed E-state index contributed by atoms with van der Waals surface area (Å²) in [4.78, 5) is 32.6. The lowest BCUT2D eigenvalue weighted by Gasteiger charge is -2.33. The zero-order valence-electron chi connectivity index (χ0n) is 16.9. The van der Waals surface area contributed by atoms with E-state index in [1.54, 1.807) is 23.9 Å². The maximum atomic E-state index is 12.7. The number of hydrogen-bond acceptors (Lipinski definition) is 7. The molecule has 4 rings (SSSR count). The van der Waals surface area contributed by atoms with Crippen molar-refractivity contribution in [2.24, 2.45) is 0 Å². The van der Waals surface area contributed by atoms with Crippen LogP contribution in [0.5, 0.6) is 0 Å². The van der Waals surface area contributed by atoms with E-state index in [1.165, 1.54) is 0 Å². The molecular formula is C19H20F3N5O4S. The number of carboxylic acid groups (broad SMARTS) is 1. The van der Waals surface area contributed by atoms with E-state index in [9.17, 15) is 18.0 Å². The third-order valence-corrected chi connectivity index (χ3v) is 5.34. The van der Waals surface area contributed by atoms with Gasteiger partial charge in [0.05, 0.1) is 35.5 Å². The number of hydrogen-bond donors (Lipinski definition) is 2. The molecule has 0 saturated heterocycles. The summed E-state index contributed by atoms with van der Waals surface area (Å²) in [5.74, 6) is -2.05. The number of rotatable bonds is 5. The van der Waals surface area contributed by atoms with E-state index < -0.39 is 12.1 Å². The number of fused-ring (bicyclic) bond motifs is 1. The van der Waals surface area contributed by atoms with Crippen LogP contribution in [-0.4, -0.2) is 49.1 Å². The Kier molecular flexibility index (Phi) is 7.30. The smallest absolute Gasteiger partial charge is 0.475 e. The molecule has 0 radical (unpaired) electrons. The molecular weight excluding hydrogens is 451 g/mol. The monoisotopic (exact) mass is 471 g/mol. The number of halogens is 3. The number of aromatic nitrogens is 3. The molecule has 3 aromatic rings. The zero-order valence-corrected chi connectivity index (χ0v) is 17.7. The van der Waals surface area contributed by atoms with Gasteiger partial charge in [0.1, 0.15) is 11.8 Å². The number of imidazole rings is 1. The predicted octanol–water partition coefficient (Wildman–Crippen LogP) is 2.75. The maximum absolute atomic E-state index is 12.7. The molecule has 32 heavy (non-hydrogen) atoms. The number of amides is 1. The van der Waals surface area contributed by atoms with E-state index in [-0.39, 0.29) is 11.9 Å². The van der Waals surface area contributed by atoms with Crippen LogP contribution in [0.25, 0.3) is 0 Å². The molecule has 0 fully saturated rings. The van der Waals surface area contributed by atoms with Gasteiger partial charge in [-0.1, -0.05) is 0 Å². The molecule has 172 valence electrons. The van der Waals surface area contributed by atoms with Crippen molar-refractivity contribution in [2.75, 3.05) is 6.54 Å². The van der Waals surface area contributed by atoms with E-state index in [2.05, 4.69) is 25.6 Å². The Morgan fingerprint density at radius 1 is 1.41 bits per heavy atom. The number of carbonyl (C=O) groups is 2. The number of thiazole rings is 1. The molecule has 9 nitrogen and oxygen atoms in total. The second-order valence-electron chi connectivity index (χ2n) is 6.94. The Hall–Kier alpha value is -3.19. The van der Waals surface area contributed by atoms with Crippen molar-refractivity contribution in [3.63, 3.8) is 0 Å². The lowest BCUT2D eigenvalue weighted by atomic mass is 10.1. The van der Waals surface area contributed by atoms with E-state index in [1.807, 2.05) is 29.8 Å². The second kappa shape index (κ2) is 9.96. The predicted molar refractivity (Wildman–Crippen MR) is 106 cm³/mol. The summed E-state index contributed by atoms with van der Waals surface area (Å²) in [6.07, 6.45) is 0.0791. The topological polar surface area (TPSA) is 113 Å². The molecule has 4 heterocycles. The molecule has 2 N–H and O–H groups in total. The summed E-state index contributed by atoms with van der Waals surface area (Å²) >= 11 is 1.65. The first-order chi connectivity index (χ1) is 15.1. The van der Waals surface area contributed by atoms with Gasteiger partial charge in [-0.05, 0) is 19.1 Å². The number of alkyl halides is 3. The van der Waals surface area contributed by atoms with Crippen LogP contribution in [0.2, 0.25) is 0 Å². The number of nitrogens with one attached hydrogen (secondary N) is 1. The van der Waals surface area contributed by atoms with Crippen LogP contribution in [0.1, 0.15) is 28.2 Å². The van der Waals surface area contributed by atoms with Crippen molar-refractivity contribution in [1.29, 1.82) is 0 Å². The number of aliphatic carboxylic acids is 1. The Bertz CT molecular complexity index is 1050. The van der Waals surface area contributed by atoms with Crippen LogP contribution in [-0.2, 0) is 29.2 Å². The Morgan fingerprint density at radius 3 is 2.75 bits per heavy atom. The first kappa shape index (κ1) is 23.5. The molecule has 0 saturated carbocycles. The van der Waals surface area contributed by atoms with Gasteiger partial charge < -0.3 is 19.4 Å². The van der Waals surface area contributed by atoms with Crippen LogP contribution < -0.4 is 5.32 Å². The molecule has 1 unspecified atom stereocenters. The largest absolute Gasteiger partial charge is 0.490 e. The number of carbonyl (C=O) groups excluding carboxylic acids is 1. The second-order valence-corrected chi connectivity index (χ2v) is 8.00. The molecule has 1 atom stereocenters. The molecule has 0 aromatic carbocycles. The van der Waals surface area contributed by atoms with Crippen LogP contribution in [0.15, 0.2) is 40.7 Å². The Balaban J connectivity index is 0.000000360. The lowest BCUT2D eigenvalue weighted by molar-refractivity contribution is -0.192. The quantitative estimate of drug-likeness (QED) is 0.588. The SMILES string of the molecule is Cc1nc(CN2Cc3cncn3C(C(=O)NCc3ccco3)C2)cs1.O=C(O)C(F)(F)F. The molecule has 3 aromatic heterocycles. The van der Waals surface area contributed by atoms with Crippen LogP contribution in [0, 0.1) is 6.92 Å². The lowest BCUT2D eigenvalue weighted by Crippen LogP contribution is -2.44. The highest BCUT2D eigenvalue weighted by Gasteiger charge is 2.38. The van der Waals surface area contributed by atoms with E-state index in [0.717, 1.165) is 35.2 Å². The van der Waals surface area contributed by atoms with Gasteiger partial charge in [0, 0.05) is 31.2 Å². The Labute approximate surface area is 184 Å². The molecule has 13 heteroatoms. The van der Waals surface area contributed by atoms with Gasteiger partial charge in [-0.3, -0.25) is 9.69 Å². The van der Waals surface area contributed by atoms with Gasteiger partial charge in [0.15, 0.2) is 0 Å². The molecule has 1 aliphatic heterocycles. The van der Waals surface area contributed by atoms with Gasteiger partial charge in [-0.25, -0.2) is 14.8 Å². The van der Waals surface area contributed by atoms with Crippen molar-refractivity contribution in [1.82, 2.24) is 24.8 Å². The van der Waals surface area contributed by atoms with E-state index in [0.29, 0.717) is 13.1 Å². The first-order valence-corrected chi connectivity index (χ1v) is 10.3. The van der Waals surface area contributed by atoms with E-state index in [4.69, 9.17) is 14.3 Å². The maximum Gasteiger partial charge on any atom is 0.490 e. The van der Waals surface area contributed by atoms with Crippen molar-refractivity contribution < 1.29 is 32.3 Å². The Morgan fingerprint density at radius 2 is 2.16 bits per heavy atom. The van der Waals surface area contributed by atoms with Crippen molar-refractivity contribution in [3.05, 3.63) is 58.5 Å². The zero-order chi connectivity index (χ0) is 23.3. The third kappa shape index (κ3) is 6.17. The number of furan rings is 1. The van der Waals surface area contributed by atoms with Gasteiger partial charge in [0.25, 0.3) is 0 Å². The highest BCUT2D eigenvalue weighted by atomic mass is 32.1. The normalized spacial score (nSPS) is 16.1. The molecule has 1 amide bonds. The number of nitrogens with zero attached hydrogens (tertiary/aromatic N) is 4. The molecule has 1 aliphatic rings. The summed E-state index contributed by atoms with van der Waals surface area (Å²) in [5, 5.41) is 13.2. The summed E-state index contributed by atoms with van der Waals surface area (Å²) < 4.78 is 39.0. The summed E-state index contributed by atoms with van der Waals surface area (Å²) in [6.45, 7) is 4.52. The molecule has 0 bridgehead atoms. The molecule has 0 aliphatic carbocycles. The highest BCUT2D eigenvalue weighted by molar-refractivity contribution is 7.09.